The number of hydrogen-bond acceptors (Lipinski definition) is 6. The summed E-state index contributed by atoms with van der Waals surface area (Å²) >= 11 is 1.48. The van der Waals surface area contributed by atoms with Gasteiger partial charge in [0.15, 0.2) is 12.4 Å². The summed E-state index contributed by atoms with van der Waals surface area (Å²) in [6.07, 6.45) is -2.98. The summed E-state index contributed by atoms with van der Waals surface area (Å²) in [5.74, 6) is 0.718. The highest BCUT2D eigenvalue weighted by atomic mass is 32.2. The third-order valence-corrected chi connectivity index (χ3v) is 7.56. The number of benzene rings is 2. The molecule has 0 spiro atoms. The minimum absolute atomic E-state index is 0.347. The molecule has 2 aliphatic carbocycles. The Hall–Kier alpha value is -2.87. The lowest BCUT2D eigenvalue weighted by molar-refractivity contribution is -0.314. The topological polar surface area (TPSA) is 57.2 Å². The smallest absolute Gasteiger partial charge is 0.184 e. The molecule has 178 valence electrons. The lowest BCUT2D eigenvalue weighted by Crippen LogP contribution is -2.62. The highest BCUT2D eigenvalue weighted by molar-refractivity contribution is 7.99. The van der Waals surface area contributed by atoms with Crippen molar-refractivity contribution in [2.45, 2.75) is 41.0 Å². The van der Waals surface area contributed by atoms with Crippen LogP contribution in [0.5, 0.6) is 5.75 Å². The highest BCUT2D eigenvalue weighted by Crippen LogP contribution is 2.42. The molecule has 2 heterocycles. The number of rotatable bonds is 5. The molecule has 6 atom stereocenters. The molecule has 6 rings (SSSR count). The van der Waals surface area contributed by atoms with E-state index in [2.05, 4.69) is 6.07 Å². The van der Waals surface area contributed by atoms with Gasteiger partial charge < -0.3 is 24.1 Å². The van der Waals surface area contributed by atoms with E-state index in [0.29, 0.717) is 6.61 Å². The Morgan fingerprint density at radius 3 is 2.29 bits per heavy atom. The van der Waals surface area contributed by atoms with Crippen LogP contribution in [0.2, 0.25) is 0 Å². The second-order valence-corrected chi connectivity index (χ2v) is 9.87. The standard InChI is InChI=1S/C29H26O5S/c30-25-27(32-23-17-16-19-10-4-2-9-15-22(19)23)26-24(33-29(25)35-21-13-7-3-8-14-21)18-31-28(34-26)20-11-5-1-6-12-20/h1-17,24-30H,18H2/t24-,25-,26-,27-,28?,29+/m1/s1. The van der Waals surface area contributed by atoms with E-state index >= 15 is 0 Å². The summed E-state index contributed by atoms with van der Waals surface area (Å²) in [5, 5.41) is 11.5. The van der Waals surface area contributed by atoms with Crippen molar-refractivity contribution >= 4 is 11.8 Å². The number of aliphatic hydroxyl groups is 1. The SMILES string of the molecule is O[C@@H]1[C@@H](Oc2ccc3cccccc2-3)[C@@H]2OC(c3ccccc3)OC[C@H]2O[C@H]1Sc1ccccc1. The number of thioether (sulfide) groups is 1. The van der Waals surface area contributed by atoms with Gasteiger partial charge in [-0.2, -0.15) is 0 Å². The van der Waals surface area contributed by atoms with Gasteiger partial charge in [0.2, 0.25) is 0 Å². The normalized spacial score (nSPS) is 28.4. The zero-order valence-corrected chi connectivity index (χ0v) is 19.8. The van der Waals surface area contributed by atoms with E-state index in [1.165, 1.54) is 11.8 Å². The molecule has 0 saturated carbocycles. The molecule has 0 amide bonds. The molecular formula is C29H26O5S. The molecule has 2 saturated heterocycles. The van der Waals surface area contributed by atoms with E-state index in [0.717, 1.165) is 27.3 Å². The Morgan fingerprint density at radius 2 is 1.49 bits per heavy atom. The summed E-state index contributed by atoms with van der Waals surface area (Å²) < 4.78 is 25.3. The van der Waals surface area contributed by atoms with Crippen LogP contribution in [0.15, 0.2) is 108 Å². The van der Waals surface area contributed by atoms with E-state index in [4.69, 9.17) is 18.9 Å². The summed E-state index contributed by atoms with van der Waals surface area (Å²) in [6, 6.07) is 33.8. The van der Waals surface area contributed by atoms with Gasteiger partial charge in [-0.3, -0.25) is 0 Å². The molecule has 2 aromatic rings. The Balaban J connectivity index is 1.31. The Bertz CT molecular complexity index is 1220. The number of aliphatic hydroxyl groups excluding tert-OH is 1. The zero-order valence-electron chi connectivity index (χ0n) is 19.0. The van der Waals surface area contributed by atoms with Crippen LogP contribution >= 0.6 is 11.8 Å². The maximum absolute atomic E-state index is 11.5. The van der Waals surface area contributed by atoms with Crippen molar-refractivity contribution < 1.29 is 24.1 Å². The summed E-state index contributed by atoms with van der Waals surface area (Å²) in [6.45, 7) is 0.347. The lowest BCUT2D eigenvalue weighted by atomic mass is 9.98. The molecule has 0 radical (unpaired) electrons. The molecular weight excluding hydrogens is 460 g/mol. The first-order valence-electron chi connectivity index (χ1n) is 11.8. The molecule has 2 aromatic carbocycles. The fraction of sp³-hybridized carbons (Fsp3) is 0.241. The highest BCUT2D eigenvalue weighted by Gasteiger charge is 2.51. The maximum Gasteiger partial charge on any atom is 0.184 e. The van der Waals surface area contributed by atoms with Crippen LogP contribution in [0.25, 0.3) is 11.1 Å². The van der Waals surface area contributed by atoms with E-state index in [-0.39, 0.29) is 6.10 Å². The summed E-state index contributed by atoms with van der Waals surface area (Å²) in [4.78, 5) is 1.01. The Labute approximate surface area is 208 Å². The van der Waals surface area contributed by atoms with Gasteiger partial charge in [-0.1, -0.05) is 96.7 Å². The predicted octanol–water partition coefficient (Wildman–Crippen LogP) is 5.53. The van der Waals surface area contributed by atoms with Crippen LogP contribution in [0, 0.1) is 0 Å². The molecule has 6 heteroatoms. The molecule has 1 N–H and O–H groups in total. The van der Waals surface area contributed by atoms with Gasteiger partial charge in [0.05, 0.1) is 6.61 Å². The van der Waals surface area contributed by atoms with Crippen molar-refractivity contribution in [2.75, 3.05) is 6.61 Å². The van der Waals surface area contributed by atoms with E-state index in [1.807, 2.05) is 97.1 Å². The van der Waals surface area contributed by atoms with E-state index < -0.39 is 30.0 Å². The van der Waals surface area contributed by atoms with Crippen LogP contribution in [0.3, 0.4) is 0 Å². The largest absolute Gasteiger partial charge is 0.484 e. The average Bonchev–Trinajstić information content (AvgIpc) is 3.12. The second-order valence-electron chi connectivity index (χ2n) is 8.70. The Kier molecular flexibility index (Phi) is 6.46. The van der Waals surface area contributed by atoms with Crippen LogP contribution in [-0.2, 0) is 14.2 Å². The van der Waals surface area contributed by atoms with Gasteiger partial charge in [-0.15, -0.1) is 0 Å². The summed E-state index contributed by atoms with van der Waals surface area (Å²) in [5.41, 5.74) is 2.46. The number of ether oxygens (including phenoxy) is 4. The first-order valence-corrected chi connectivity index (χ1v) is 12.7. The van der Waals surface area contributed by atoms with E-state index in [1.54, 1.807) is 0 Å². The molecule has 35 heavy (non-hydrogen) atoms. The van der Waals surface area contributed by atoms with E-state index in [9.17, 15) is 5.11 Å². The van der Waals surface area contributed by atoms with Gasteiger partial charge in [0.1, 0.15) is 29.5 Å². The molecule has 0 bridgehead atoms. The Morgan fingerprint density at radius 1 is 0.771 bits per heavy atom. The van der Waals surface area contributed by atoms with Crippen LogP contribution < -0.4 is 4.74 Å². The van der Waals surface area contributed by atoms with Crippen molar-refractivity contribution in [3.05, 3.63) is 109 Å². The average molecular weight is 487 g/mol. The molecule has 1 unspecified atom stereocenters. The quantitative estimate of drug-likeness (QED) is 0.400. The van der Waals surface area contributed by atoms with Crippen LogP contribution in [0.1, 0.15) is 11.9 Å². The van der Waals surface area contributed by atoms with Crippen molar-refractivity contribution in [1.29, 1.82) is 0 Å². The minimum Gasteiger partial charge on any atom is -0.484 e. The van der Waals surface area contributed by atoms with Gasteiger partial charge in [-0.05, 0) is 23.8 Å². The second kappa shape index (κ2) is 10.0. The van der Waals surface area contributed by atoms with Crippen molar-refractivity contribution in [2.24, 2.45) is 0 Å². The molecule has 2 aliphatic heterocycles. The van der Waals surface area contributed by atoms with Crippen LogP contribution in [0.4, 0.5) is 0 Å². The predicted molar refractivity (Wildman–Crippen MR) is 134 cm³/mol. The maximum atomic E-state index is 11.5. The van der Waals surface area contributed by atoms with Crippen molar-refractivity contribution in [3.63, 3.8) is 0 Å². The lowest BCUT2D eigenvalue weighted by Gasteiger charge is -2.47. The first-order chi connectivity index (χ1) is 17.3. The minimum atomic E-state index is -0.918. The molecule has 4 aliphatic rings. The summed E-state index contributed by atoms with van der Waals surface area (Å²) in [7, 11) is 0. The van der Waals surface area contributed by atoms with Crippen LogP contribution in [-0.4, -0.2) is 41.6 Å². The zero-order chi connectivity index (χ0) is 23.6. The third-order valence-electron chi connectivity index (χ3n) is 6.39. The molecule has 5 nitrogen and oxygen atoms in total. The molecule has 2 fully saturated rings. The van der Waals surface area contributed by atoms with Gasteiger partial charge in [-0.25, -0.2) is 0 Å². The van der Waals surface area contributed by atoms with Crippen molar-refractivity contribution in [3.8, 4) is 16.9 Å². The fourth-order valence-corrected chi connectivity index (χ4v) is 5.72. The van der Waals surface area contributed by atoms with Gasteiger partial charge in [0.25, 0.3) is 0 Å². The monoisotopic (exact) mass is 486 g/mol. The first kappa shape index (κ1) is 22.6. The number of fused-ring (bicyclic) bond motifs is 2. The van der Waals surface area contributed by atoms with Gasteiger partial charge in [0, 0.05) is 16.0 Å². The van der Waals surface area contributed by atoms with Crippen molar-refractivity contribution in [1.82, 2.24) is 0 Å². The number of hydrogen-bond donors (Lipinski definition) is 1. The van der Waals surface area contributed by atoms with Gasteiger partial charge >= 0.3 is 0 Å². The third kappa shape index (κ3) is 4.68. The fourth-order valence-electron chi connectivity index (χ4n) is 4.64. The molecule has 0 aromatic heterocycles.